The van der Waals surface area contributed by atoms with E-state index < -0.39 is 28.4 Å². The van der Waals surface area contributed by atoms with Gasteiger partial charge in [-0.15, -0.1) is 11.3 Å². The molecule has 28 heavy (non-hydrogen) atoms. The zero-order chi connectivity index (χ0) is 20.3. The zero-order valence-electron chi connectivity index (χ0n) is 14.7. The van der Waals surface area contributed by atoms with Gasteiger partial charge in [-0.25, -0.2) is 13.2 Å². The summed E-state index contributed by atoms with van der Waals surface area (Å²) < 4.78 is 32.5. The van der Waals surface area contributed by atoms with Crippen molar-refractivity contribution in [2.45, 2.75) is 24.2 Å². The maximum Gasteiger partial charge on any atom is 0.340 e. The summed E-state index contributed by atoms with van der Waals surface area (Å²) in [5, 5.41) is 0.0502. The Hall–Kier alpha value is -1.45. The number of Topliss-reactive ketones (excluding diaryl/α,β-unsaturated/α-hetero) is 1. The van der Waals surface area contributed by atoms with Crippen LogP contribution >= 0.6 is 34.5 Å². The van der Waals surface area contributed by atoms with Crippen molar-refractivity contribution in [3.8, 4) is 0 Å². The molecule has 6 nitrogen and oxygen atoms in total. The number of rotatable bonds is 6. The number of carbonyl (C=O) groups excluding carboxylic acids is 2. The molecule has 0 bridgehead atoms. The van der Waals surface area contributed by atoms with Crippen LogP contribution in [0.1, 0.15) is 39.3 Å². The number of halogens is 2. The van der Waals surface area contributed by atoms with Crippen LogP contribution < -0.4 is 0 Å². The van der Waals surface area contributed by atoms with Crippen LogP contribution in [0.3, 0.4) is 0 Å². The van der Waals surface area contributed by atoms with Crippen molar-refractivity contribution in [3.63, 3.8) is 0 Å². The fourth-order valence-corrected chi connectivity index (χ4v) is 5.53. The Morgan fingerprint density at radius 1 is 1.07 bits per heavy atom. The van der Waals surface area contributed by atoms with Gasteiger partial charge in [0.2, 0.25) is 15.8 Å². The van der Waals surface area contributed by atoms with Gasteiger partial charge in [0.25, 0.3) is 0 Å². The highest BCUT2D eigenvalue weighted by molar-refractivity contribution is 7.89. The first-order valence-electron chi connectivity index (χ1n) is 8.54. The normalized spacial score (nSPS) is 15.4. The van der Waals surface area contributed by atoms with Gasteiger partial charge in [-0.05, 0) is 43.2 Å². The predicted molar refractivity (Wildman–Crippen MR) is 108 cm³/mol. The van der Waals surface area contributed by atoms with Crippen molar-refractivity contribution in [2.75, 3.05) is 19.7 Å². The monoisotopic (exact) mass is 461 g/mol. The summed E-state index contributed by atoms with van der Waals surface area (Å²) in [7, 11) is -3.72. The van der Waals surface area contributed by atoms with Crippen LogP contribution in [0.4, 0.5) is 0 Å². The molecule has 0 atom stereocenters. The zero-order valence-corrected chi connectivity index (χ0v) is 17.8. The van der Waals surface area contributed by atoms with E-state index in [0.29, 0.717) is 22.3 Å². The minimum absolute atomic E-state index is 0.0258. The molecular formula is C18H17Cl2NO5S2. The first-order chi connectivity index (χ1) is 13.3. The van der Waals surface area contributed by atoms with Gasteiger partial charge in [0, 0.05) is 13.1 Å². The second-order valence-electron chi connectivity index (χ2n) is 6.21. The van der Waals surface area contributed by atoms with E-state index in [-0.39, 0.29) is 15.5 Å². The molecule has 10 heteroatoms. The summed E-state index contributed by atoms with van der Waals surface area (Å²) in [6, 6.07) is 7.02. The lowest BCUT2D eigenvalue weighted by molar-refractivity contribution is 0.0475. The van der Waals surface area contributed by atoms with Crippen molar-refractivity contribution in [1.29, 1.82) is 0 Å². The number of hydrogen-bond acceptors (Lipinski definition) is 6. The molecule has 0 radical (unpaired) electrons. The van der Waals surface area contributed by atoms with Crippen molar-refractivity contribution in [1.82, 2.24) is 4.31 Å². The van der Waals surface area contributed by atoms with Crippen LogP contribution in [0.2, 0.25) is 9.36 Å². The number of piperidine rings is 1. The van der Waals surface area contributed by atoms with E-state index in [1.54, 1.807) is 12.1 Å². The van der Waals surface area contributed by atoms with Crippen LogP contribution in [0.15, 0.2) is 35.2 Å². The Labute approximate surface area is 177 Å². The number of carbonyl (C=O) groups is 2. The van der Waals surface area contributed by atoms with Crippen LogP contribution in [-0.2, 0) is 14.8 Å². The molecule has 0 aliphatic carbocycles. The average Bonchev–Trinajstić information content (AvgIpc) is 3.13. The Kier molecular flexibility index (Phi) is 6.77. The maximum atomic E-state index is 12.8. The number of sulfonamides is 1. The summed E-state index contributed by atoms with van der Waals surface area (Å²) in [6.07, 6.45) is 2.60. The molecule has 1 aromatic heterocycles. The van der Waals surface area contributed by atoms with Crippen molar-refractivity contribution in [2.24, 2.45) is 0 Å². The quantitative estimate of drug-likeness (QED) is 0.473. The molecule has 0 spiro atoms. The van der Waals surface area contributed by atoms with Gasteiger partial charge in [-0.3, -0.25) is 4.79 Å². The van der Waals surface area contributed by atoms with Crippen LogP contribution in [0.5, 0.6) is 0 Å². The summed E-state index contributed by atoms with van der Waals surface area (Å²) in [4.78, 5) is 24.8. The van der Waals surface area contributed by atoms with Crippen LogP contribution in [-0.4, -0.2) is 44.2 Å². The van der Waals surface area contributed by atoms with Crippen LogP contribution in [0, 0.1) is 0 Å². The second-order valence-corrected chi connectivity index (χ2v) is 10.3. The lowest BCUT2D eigenvalue weighted by atomic mass is 10.2. The Morgan fingerprint density at radius 3 is 2.43 bits per heavy atom. The molecule has 0 amide bonds. The number of esters is 1. The molecule has 1 saturated heterocycles. The van der Waals surface area contributed by atoms with Crippen LogP contribution in [0.25, 0.3) is 0 Å². The van der Waals surface area contributed by atoms with E-state index in [0.717, 1.165) is 30.6 Å². The number of hydrogen-bond donors (Lipinski definition) is 0. The van der Waals surface area contributed by atoms with Gasteiger partial charge in [0.1, 0.15) is 0 Å². The molecule has 1 aliphatic heterocycles. The largest absolute Gasteiger partial charge is 0.454 e. The smallest absolute Gasteiger partial charge is 0.340 e. The van der Waals surface area contributed by atoms with Gasteiger partial charge < -0.3 is 4.74 Å². The Balaban J connectivity index is 1.75. The minimum Gasteiger partial charge on any atom is -0.454 e. The molecule has 1 aromatic carbocycles. The molecular weight excluding hydrogens is 445 g/mol. The first-order valence-corrected chi connectivity index (χ1v) is 11.6. The van der Waals surface area contributed by atoms with E-state index in [1.165, 1.54) is 22.5 Å². The van der Waals surface area contributed by atoms with Crippen molar-refractivity contribution >= 4 is 56.3 Å². The molecule has 2 heterocycles. The Bertz CT molecular complexity index is 997. The highest BCUT2D eigenvalue weighted by atomic mass is 35.5. The van der Waals surface area contributed by atoms with E-state index in [1.807, 2.05) is 0 Å². The summed E-state index contributed by atoms with van der Waals surface area (Å²) in [5.74, 6) is -1.27. The molecule has 150 valence electrons. The summed E-state index contributed by atoms with van der Waals surface area (Å²) in [5.41, 5.74) is -0.100. The lowest BCUT2D eigenvalue weighted by Crippen LogP contribution is -2.35. The molecule has 3 rings (SSSR count). The topological polar surface area (TPSA) is 80.8 Å². The van der Waals surface area contributed by atoms with Gasteiger partial charge in [-0.2, -0.15) is 4.31 Å². The second kappa shape index (κ2) is 8.92. The molecule has 0 N–H and O–H groups in total. The highest BCUT2D eigenvalue weighted by Crippen LogP contribution is 2.26. The average molecular weight is 462 g/mol. The molecule has 1 fully saturated rings. The third-order valence-corrected chi connectivity index (χ3v) is 7.79. The standard InChI is InChI=1S/C18H17Cl2NO5S2/c19-14-5-4-12(28(24,25)21-8-2-1-3-9-21)10-13(14)18(23)26-11-15(22)16-6-7-17(20)27-16/h4-7,10H,1-3,8-9,11H2. The predicted octanol–water partition coefficient (Wildman–Crippen LogP) is 4.27. The fraction of sp³-hybridized carbons (Fsp3) is 0.333. The lowest BCUT2D eigenvalue weighted by Gasteiger charge is -2.26. The van der Waals surface area contributed by atoms with Gasteiger partial charge in [0.15, 0.2) is 6.61 Å². The molecule has 0 unspecified atom stereocenters. The first kappa shape index (κ1) is 21.3. The number of nitrogens with zero attached hydrogens (tertiary/aromatic N) is 1. The van der Waals surface area contributed by atoms with Gasteiger partial charge >= 0.3 is 5.97 Å². The fourth-order valence-electron chi connectivity index (χ4n) is 2.82. The third-order valence-electron chi connectivity index (χ3n) is 4.29. The Morgan fingerprint density at radius 2 is 1.79 bits per heavy atom. The third kappa shape index (κ3) is 4.75. The minimum atomic E-state index is -3.72. The van der Waals surface area contributed by atoms with Gasteiger partial charge in [-0.1, -0.05) is 29.6 Å². The van der Waals surface area contributed by atoms with Gasteiger partial charge in [0.05, 0.1) is 24.7 Å². The highest BCUT2D eigenvalue weighted by Gasteiger charge is 2.27. The molecule has 2 aromatic rings. The van der Waals surface area contributed by atoms with E-state index in [4.69, 9.17) is 27.9 Å². The summed E-state index contributed by atoms with van der Waals surface area (Å²) in [6.45, 7) is 0.403. The van der Waals surface area contributed by atoms with Crippen molar-refractivity contribution in [3.05, 3.63) is 50.1 Å². The number of benzene rings is 1. The number of ether oxygens (including phenoxy) is 1. The molecule has 0 saturated carbocycles. The van der Waals surface area contributed by atoms with E-state index in [9.17, 15) is 18.0 Å². The number of ketones is 1. The maximum absolute atomic E-state index is 12.8. The van der Waals surface area contributed by atoms with E-state index >= 15 is 0 Å². The SMILES string of the molecule is O=C(COC(=O)c1cc(S(=O)(=O)N2CCCCC2)ccc1Cl)c1ccc(Cl)s1. The number of thiophene rings is 1. The molecule has 1 aliphatic rings. The summed E-state index contributed by atoms with van der Waals surface area (Å²) >= 11 is 12.9. The van der Waals surface area contributed by atoms with E-state index in [2.05, 4.69) is 0 Å². The van der Waals surface area contributed by atoms with Crippen molar-refractivity contribution < 1.29 is 22.7 Å².